The van der Waals surface area contributed by atoms with Gasteiger partial charge in [-0.1, -0.05) is 20.8 Å². The predicted molar refractivity (Wildman–Crippen MR) is 77.8 cm³/mol. The lowest BCUT2D eigenvalue weighted by Gasteiger charge is -2.42. The first-order valence-electron chi connectivity index (χ1n) is 7.40. The maximum Gasteiger partial charge on any atom is 0.0556 e. The molecule has 1 rings (SSSR count). The van der Waals surface area contributed by atoms with E-state index < -0.39 is 0 Å². The van der Waals surface area contributed by atoms with E-state index in [0.29, 0.717) is 17.5 Å². The largest absolute Gasteiger partial charge is 0.395 e. The van der Waals surface area contributed by atoms with Gasteiger partial charge < -0.3 is 10.4 Å². The molecule has 2 atom stereocenters. The summed E-state index contributed by atoms with van der Waals surface area (Å²) in [5, 5.41) is 12.4. The molecule has 1 aliphatic rings. The second-order valence-corrected chi connectivity index (χ2v) is 7.29. The van der Waals surface area contributed by atoms with Gasteiger partial charge in [-0.2, -0.15) is 0 Å². The Kier molecular flexibility index (Phi) is 6.09. The van der Waals surface area contributed by atoms with Gasteiger partial charge in [-0.15, -0.1) is 0 Å². The van der Waals surface area contributed by atoms with Crippen LogP contribution in [0.4, 0.5) is 0 Å². The van der Waals surface area contributed by atoms with Crippen molar-refractivity contribution in [2.45, 2.75) is 59.5 Å². The van der Waals surface area contributed by atoms with Crippen LogP contribution in [0.25, 0.3) is 0 Å². The lowest BCUT2D eigenvalue weighted by Crippen LogP contribution is -2.52. The highest BCUT2D eigenvalue weighted by Gasteiger charge is 2.30. The van der Waals surface area contributed by atoms with Gasteiger partial charge in [-0.25, -0.2) is 0 Å². The minimum absolute atomic E-state index is 0.238. The van der Waals surface area contributed by atoms with Crippen LogP contribution in [-0.2, 0) is 0 Å². The number of rotatable bonds is 5. The van der Waals surface area contributed by atoms with Gasteiger partial charge in [0.05, 0.1) is 6.61 Å². The summed E-state index contributed by atoms with van der Waals surface area (Å²) in [6, 6.07) is 1.16. The molecular formula is C15H32N2O. The van der Waals surface area contributed by atoms with Crippen LogP contribution < -0.4 is 5.32 Å². The van der Waals surface area contributed by atoms with Gasteiger partial charge in [0.25, 0.3) is 0 Å². The molecule has 0 bridgehead atoms. The Morgan fingerprint density at radius 3 is 2.44 bits per heavy atom. The summed E-state index contributed by atoms with van der Waals surface area (Å²) in [5.74, 6) is 0.775. The molecule has 3 nitrogen and oxygen atoms in total. The third-order valence-corrected chi connectivity index (χ3v) is 3.74. The molecule has 0 aromatic rings. The lowest BCUT2D eigenvalue weighted by atomic mass is 9.80. The van der Waals surface area contributed by atoms with Crippen LogP contribution in [-0.4, -0.2) is 48.3 Å². The average molecular weight is 256 g/mol. The van der Waals surface area contributed by atoms with E-state index in [1.807, 2.05) is 0 Å². The first kappa shape index (κ1) is 15.9. The molecule has 0 spiro atoms. The third kappa shape index (κ3) is 5.68. The molecule has 0 saturated carbocycles. The molecule has 18 heavy (non-hydrogen) atoms. The number of hydrogen-bond acceptors (Lipinski definition) is 3. The van der Waals surface area contributed by atoms with Crippen molar-refractivity contribution in [1.29, 1.82) is 0 Å². The van der Waals surface area contributed by atoms with Crippen molar-refractivity contribution in [1.82, 2.24) is 10.2 Å². The maximum atomic E-state index is 8.95. The Balaban J connectivity index is 2.56. The number of likely N-dealkylation sites (tertiary alicyclic amines) is 1. The Hall–Kier alpha value is -0.120. The van der Waals surface area contributed by atoms with Gasteiger partial charge in [0.15, 0.2) is 0 Å². The second-order valence-electron chi connectivity index (χ2n) is 7.29. The van der Waals surface area contributed by atoms with Crippen molar-refractivity contribution in [3.63, 3.8) is 0 Å². The maximum absolute atomic E-state index is 8.95. The van der Waals surface area contributed by atoms with Gasteiger partial charge in [0, 0.05) is 31.7 Å². The Morgan fingerprint density at radius 2 is 1.94 bits per heavy atom. The number of piperidine rings is 1. The molecule has 3 heteroatoms. The fourth-order valence-corrected chi connectivity index (χ4v) is 3.09. The minimum Gasteiger partial charge on any atom is -0.395 e. The second kappa shape index (κ2) is 6.88. The molecule has 0 radical (unpaired) electrons. The number of nitrogens with zero attached hydrogens (tertiary/aromatic N) is 1. The average Bonchev–Trinajstić information content (AvgIpc) is 2.23. The fourth-order valence-electron chi connectivity index (χ4n) is 3.09. The van der Waals surface area contributed by atoms with Crippen LogP contribution in [0, 0.1) is 11.3 Å². The van der Waals surface area contributed by atoms with Crippen molar-refractivity contribution in [2.75, 3.05) is 26.2 Å². The molecule has 0 aliphatic carbocycles. The van der Waals surface area contributed by atoms with Crippen LogP contribution >= 0.6 is 0 Å². The molecule has 0 amide bonds. The lowest BCUT2D eigenvalue weighted by molar-refractivity contribution is 0.0882. The Morgan fingerprint density at radius 1 is 1.28 bits per heavy atom. The number of hydrogen-bond donors (Lipinski definition) is 2. The molecule has 0 aromatic carbocycles. The van der Waals surface area contributed by atoms with Crippen molar-refractivity contribution in [3.05, 3.63) is 0 Å². The zero-order valence-electron chi connectivity index (χ0n) is 12.9. The molecule has 1 aliphatic heterocycles. The van der Waals surface area contributed by atoms with E-state index >= 15 is 0 Å². The molecule has 2 unspecified atom stereocenters. The molecule has 0 aromatic heterocycles. The van der Waals surface area contributed by atoms with Crippen molar-refractivity contribution >= 4 is 0 Å². The summed E-state index contributed by atoms with van der Waals surface area (Å²) < 4.78 is 0. The van der Waals surface area contributed by atoms with E-state index in [1.165, 1.54) is 19.4 Å². The number of nitrogens with one attached hydrogen (secondary N) is 1. The van der Waals surface area contributed by atoms with Gasteiger partial charge in [-0.05, 0) is 38.0 Å². The van der Waals surface area contributed by atoms with Crippen LogP contribution in [0.5, 0.6) is 0 Å². The van der Waals surface area contributed by atoms with E-state index in [0.717, 1.165) is 19.0 Å². The van der Waals surface area contributed by atoms with Crippen molar-refractivity contribution in [3.8, 4) is 0 Å². The monoisotopic (exact) mass is 256 g/mol. The summed E-state index contributed by atoms with van der Waals surface area (Å²) in [6.07, 6.45) is 2.54. The SMILES string of the molecule is CC(C)N1CC(CC(C)(C)C)CC(NCCO)C1. The zero-order chi connectivity index (χ0) is 13.8. The minimum atomic E-state index is 0.238. The predicted octanol–water partition coefficient (Wildman–Crippen LogP) is 2.10. The first-order valence-corrected chi connectivity index (χ1v) is 7.40. The van der Waals surface area contributed by atoms with E-state index in [4.69, 9.17) is 5.11 Å². The number of aliphatic hydroxyl groups excluding tert-OH is 1. The third-order valence-electron chi connectivity index (χ3n) is 3.74. The number of aliphatic hydroxyl groups is 1. The van der Waals surface area contributed by atoms with Crippen LogP contribution in [0.2, 0.25) is 0 Å². The Labute approximate surface area is 113 Å². The van der Waals surface area contributed by atoms with Gasteiger partial charge in [0.2, 0.25) is 0 Å². The van der Waals surface area contributed by atoms with Crippen LogP contribution in [0.3, 0.4) is 0 Å². The van der Waals surface area contributed by atoms with Gasteiger partial charge in [0.1, 0.15) is 0 Å². The highest BCUT2D eigenvalue weighted by atomic mass is 16.3. The zero-order valence-corrected chi connectivity index (χ0v) is 12.9. The topological polar surface area (TPSA) is 35.5 Å². The molecule has 2 N–H and O–H groups in total. The van der Waals surface area contributed by atoms with E-state index in [-0.39, 0.29) is 6.61 Å². The summed E-state index contributed by atoms with van der Waals surface area (Å²) in [5.41, 5.74) is 0.409. The fraction of sp³-hybridized carbons (Fsp3) is 1.00. The molecule has 1 fully saturated rings. The van der Waals surface area contributed by atoms with E-state index in [1.54, 1.807) is 0 Å². The summed E-state index contributed by atoms with van der Waals surface area (Å²) in [7, 11) is 0. The molecule has 1 saturated heterocycles. The van der Waals surface area contributed by atoms with Gasteiger partial charge in [-0.3, -0.25) is 4.90 Å². The standard InChI is InChI=1S/C15H32N2O/c1-12(2)17-10-13(9-15(3,4)5)8-14(11-17)16-6-7-18/h12-14,16,18H,6-11H2,1-5H3. The van der Waals surface area contributed by atoms with E-state index in [2.05, 4.69) is 44.8 Å². The Bertz CT molecular complexity index is 235. The van der Waals surface area contributed by atoms with Crippen molar-refractivity contribution < 1.29 is 5.11 Å². The summed E-state index contributed by atoms with van der Waals surface area (Å²) in [6.45, 7) is 14.9. The quantitative estimate of drug-likeness (QED) is 0.791. The normalized spacial score (nSPS) is 26.8. The van der Waals surface area contributed by atoms with E-state index in [9.17, 15) is 0 Å². The van der Waals surface area contributed by atoms with Gasteiger partial charge >= 0.3 is 0 Å². The molecular weight excluding hydrogens is 224 g/mol. The van der Waals surface area contributed by atoms with Crippen LogP contribution in [0.15, 0.2) is 0 Å². The first-order chi connectivity index (χ1) is 8.31. The smallest absolute Gasteiger partial charge is 0.0556 e. The highest BCUT2D eigenvalue weighted by molar-refractivity contribution is 4.86. The molecule has 108 valence electrons. The van der Waals surface area contributed by atoms with Crippen molar-refractivity contribution in [2.24, 2.45) is 11.3 Å². The summed E-state index contributed by atoms with van der Waals surface area (Å²) >= 11 is 0. The molecule has 1 heterocycles. The summed E-state index contributed by atoms with van der Waals surface area (Å²) in [4.78, 5) is 2.58. The van der Waals surface area contributed by atoms with Crippen LogP contribution in [0.1, 0.15) is 47.5 Å². The highest BCUT2D eigenvalue weighted by Crippen LogP contribution is 2.30.